The zero-order chi connectivity index (χ0) is 13.0. The van der Waals surface area contributed by atoms with Gasteiger partial charge in [-0.15, -0.1) is 0 Å². The van der Waals surface area contributed by atoms with Gasteiger partial charge >= 0.3 is 0 Å². The van der Waals surface area contributed by atoms with Gasteiger partial charge in [0, 0.05) is 30.8 Å². The van der Waals surface area contributed by atoms with E-state index in [1.54, 1.807) is 6.07 Å². The fourth-order valence-corrected chi connectivity index (χ4v) is 1.57. The quantitative estimate of drug-likeness (QED) is 0.641. The van der Waals surface area contributed by atoms with Crippen LogP contribution in [0.15, 0.2) is 29.1 Å². The predicted molar refractivity (Wildman–Crippen MR) is 64.3 cm³/mol. The SMILES string of the molecule is Cc1cc([N+](=O)[O-])ccc1NCCc1ncon1. The monoisotopic (exact) mass is 248 g/mol. The number of aryl methyl sites for hydroxylation is 1. The number of hydrogen-bond donors (Lipinski definition) is 1. The third-order valence-electron chi connectivity index (χ3n) is 2.49. The van der Waals surface area contributed by atoms with Gasteiger partial charge in [0.25, 0.3) is 5.69 Å². The third kappa shape index (κ3) is 2.82. The molecule has 1 N–H and O–H groups in total. The molecule has 0 aliphatic carbocycles. The Hall–Kier alpha value is -2.44. The predicted octanol–water partition coefficient (Wildman–Crippen LogP) is 1.94. The second-order valence-electron chi connectivity index (χ2n) is 3.78. The Morgan fingerprint density at radius 1 is 1.50 bits per heavy atom. The largest absolute Gasteiger partial charge is 0.384 e. The Morgan fingerprint density at radius 3 is 2.94 bits per heavy atom. The number of aromatic nitrogens is 2. The zero-order valence-corrected chi connectivity index (χ0v) is 9.79. The molecule has 0 bridgehead atoms. The fourth-order valence-electron chi connectivity index (χ4n) is 1.57. The van der Waals surface area contributed by atoms with Crippen molar-refractivity contribution in [2.75, 3.05) is 11.9 Å². The lowest BCUT2D eigenvalue weighted by Gasteiger charge is -2.07. The number of nitrogens with one attached hydrogen (secondary N) is 1. The molecule has 0 aliphatic rings. The van der Waals surface area contributed by atoms with Crippen LogP contribution in [0.3, 0.4) is 0 Å². The molecule has 18 heavy (non-hydrogen) atoms. The average molecular weight is 248 g/mol. The van der Waals surface area contributed by atoms with Gasteiger partial charge in [-0.1, -0.05) is 5.16 Å². The summed E-state index contributed by atoms with van der Waals surface area (Å²) in [4.78, 5) is 14.1. The number of rotatable bonds is 5. The van der Waals surface area contributed by atoms with E-state index in [2.05, 4.69) is 20.0 Å². The van der Waals surface area contributed by atoms with Gasteiger partial charge in [0.2, 0.25) is 6.39 Å². The summed E-state index contributed by atoms with van der Waals surface area (Å²) in [6.07, 6.45) is 1.92. The molecule has 0 spiro atoms. The van der Waals surface area contributed by atoms with Gasteiger partial charge in [-0.25, -0.2) is 0 Å². The first-order chi connectivity index (χ1) is 8.66. The molecule has 1 heterocycles. The summed E-state index contributed by atoms with van der Waals surface area (Å²) < 4.78 is 4.62. The van der Waals surface area contributed by atoms with E-state index in [0.717, 1.165) is 11.3 Å². The van der Waals surface area contributed by atoms with Crippen molar-refractivity contribution in [1.29, 1.82) is 0 Å². The topological polar surface area (TPSA) is 94.1 Å². The molecule has 94 valence electrons. The molecule has 7 heteroatoms. The summed E-state index contributed by atoms with van der Waals surface area (Å²) in [7, 11) is 0. The van der Waals surface area contributed by atoms with Gasteiger partial charge in [-0.3, -0.25) is 10.1 Å². The summed E-state index contributed by atoms with van der Waals surface area (Å²) in [6, 6.07) is 4.71. The van der Waals surface area contributed by atoms with Crippen molar-refractivity contribution in [3.8, 4) is 0 Å². The average Bonchev–Trinajstić information content (AvgIpc) is 2.84. The lowest BCUT2D eigenvalue weighted by molar-refractivity contribution is -0.384. The lowest BCUT2D eigenvalue weighted by Crippen LogP contribution is -2.07. The Balaban J connectivity index is 1.95. The van der Waals surface area contributed by atoms with Crippen LogP contribution >= 0.6 is 0 Å². The molecule has 1 aromatic carbocycles. The van der Waals surface area contributed by atoms with Crippen LogP contribution in [0.4, 0.5) is 11.4 Å². The Bertz CT molecular complexity index is 539. The van der Waals surface area contributed by atoms with Crippen molar-refractivity contribution >= 4 is 11.4 Å². The number of non-ortho nitro benzene ring substituents is 1. The van der Waals surface area contributed by atoms with Gasteiger partial charge in [0.1, 0.15) is 0 Å². The van der Waals surface area contributed by atoms with Crippen LogP contribution in [0.2, 0.25) is 0 Å². The van der Waals surface area contributed by atoms with E-state index in [9.17, 15) is 10.1 Å². The molecule has 0 radical (unpaired) electrons. The second-order valence-corrected chi connectivity index (χ2v) is 3.78. The number of hydrogen-bond acceptors (Lipinski definition) is 6. The molecule has 7 nitrogen and oxygen atoms in total. The molecule has 2 rings (SSSR count). The maximum Gasteiger partial charge on any atom is 0.269 e. The maximum absolute atomic E-state index is 10.6. The lowest BCUT2D eigenvalue weighted by atomic mass is 10.2. The first-order valence-electron chi connectivity index (χ1n) is 5.41. The summed E-state index contributed by atoms with van der Waals surface area (Å²) >= 11 is 0. The minimum Gasteiger partial charge on any atom is -0.384 e. The molecule has 0 atom stereocenters. The van der Waals surface area contributed by atoms with Crippen molar-refractivity contribution < 1.29 is 9.45 Å². The second kappa shape index (κ2) is 5.26. The number of anilines is 1. The van der Waals surface area contributed by atoms with Crippen LogP contribution in [-0.4, -0.2) is 21.6 Å². The van der Waals surface area contributed by atoms with Crippen LogP contribution in [0.5, 0.6) is 0 Å². The van der Waals surface area contributed by atoms with E-state index in [0.29, 0.717) is 18.8 Å². The number of benzene rings is 1. The molecule has 0 saturated carbocycles. The van der Waals surface area contributed by atoms with Crippen LogP contribution < -0.4 is 5.32 Å². The van der Waals surface area contributed by atoms with Crippen LogP contribution in [0.1, 0.15) is 11.4 Å². The van der Waals surface area contributed by atoms with Gasteiger partial charge in [0.15, 0.2) is 5.82 Å². The Labute approximate surface area is 103 Å². The van der Waals surface area contributed by atoms with E-state index in [4.69, 9.17) is 0 Å². The van der Waals surface area contributed by atoms with Gasteiger partial charge < -0.3 is 9.84 Å². The van der Waals surface area contributed by atoms with Crippen LogP contribution in [0.25, 0.3) is 0 Å². The Morgan fingerprint density at radius 2 is 2.33 bits per heavy atom. The van der Waals surface area contributed by atoms with E-state index >= 15 is 0 Å². The van der Waals surface area contributed by atoms with Gasteiger partial charge in [0.05, 0.1) is 4.92 Å². The fraction of sp³-hybridized carbons (Fsp3) is 0.273. The van der Waals surface area contributed by atoms with Gasteiger partial charge in [-0.2, -0.15) is 4.98 Å². The van der Waals surface area contributed by atoms with Crippen molar-refractivity contribution in [2.24, 2.45) is 0 Å². The standard InChI is InChI=1S/C11H12N4O3/c1-8-6-9(15(16)17)2-3-10(8)12-5-4-11-13-7-18-14-11/h2-3,6-7,12H,4-5H2,1H3. The number of nitro groups is 1. The first-order valence-corrected chi connectivity index (χ1v) is 5.41. The molecule has 0 unspecified atom stereocenters. The van der Waals surface area contributed by atoms with Crippen LogP contribution in [0, 0.1) is 17.0 Å². The minimum absolute atomic E-state index is 0.0937. The zero-order valence-electron chi connectivity index (χ0n) is 9.79. The normalized spacial score (nSPS) is 10.3. The molecule has 0 saturated heterocycles. The van der Waals surface area contributed by atoms with E-state index in [1.807, 2.05) is 6.92 Å². The minimum atomic E-state index is -0.407. The van der Waals surface area contributed by atoms with E-state index < -0.39 is 4.92 Å². The first kappa shape index (κ1) is 12.0. The van der Waals surface area contributed by atoms with Crippen molar-refractivity contribution in [3.63, 3.8) is 0 Å². The summed E-state index contributed by atoms with van der Waals surface area (Å²) in [6.45, 7) is 2.46. The summed E-state index contributed by atoms with van der Waals surface area (Å²) in [5, 5.41) is 17.5. The smallest absolute Gasteiger partial charge is 0.269 e. The maximum atomic E-state index is 10.6. The summed E-state index contributed by atoms with van der Waals surface area (Å²) in [5.74, 6) is 0.627. The van der Waals surface area contributed by atoms with Crippen molar-refractivity contribution in [3.05, 3.63) is 46.1 Å². The summed E-state index contributed by atoms with van der Waals surface area (Å²) in [5.41, 5.74) is 1.79. The molecular weight excluding hydrogens is 236 g/mol. The van der Waals surface area contributed by atoms with Crippen molar-refractivity contribution in [2.45, 2.75) is 13.3 Å². The third-order valence-corrected chi connectivity index (χ3v) is 2.49. The number of nitro benzene ring substituents is 1. The van der Waals surface area contributed by atoms with Crippen LogP contribution in [-0.2, 0) is 6.42 Å². The molecular formula is C11H12N4O3. The van der Waals surface area contributed by atoms with Gasteiger partial charge in [-0.05, 0) is 18.6 Å². The highest BCUT2D eigenvalue weighted by molar-refractivity contribution is 5.55. The highest BCUT2D eigenvalue weighted by atomic mass is 16.6. The van der Waals surface area contributed by atoms with E-state index in [-0.39, 0.29) is 5.69 Å². The molecule has 1 aromatic heterocycles. The molecule has 0 aliphatic heterocycles. The molecule has 0 amide bonds. The molecule has 2 aromatic rings. The van der Waals surface area contributed by atoms with Crippen molar-refractivity contribution in [1.82, 2.24) is 10.1 Å². The van der Waals surface area contributed by atoms with E-state index in [1.165, 1.54) is 18.5 Å². The highest BCUT2D eigenvalue weighted by Gasteiger charge is 2.07. The Kier molecular flexibility index (Phi) is 3.52. The highest BCUT2D eigenvalue weighted by Crippen LogP contribution is 2.20. The molecule has 0 fully saturated rings. The number of nitrogens with zero attached hydrogens (tertiary/aromatic N) is 3.